The van der Waals surface area contributed by atoms with Gasteiger partial charge in [0.15, 0.2) is 0 Å². The Morgan fingerprint density at radius 1 is 1.79 bits per heavy atom. The van der Waals surface area contributed by atoms with Gasteiger partial charge in [-0.3, -0.25) is 0 Å². The first kappa shape index (κ1) is 11.0. The summed E-state index contributed by atoms with van der Waals surface area (Å²) in [5, 5.41) is 2.77. The van der Waals surface area contributed by atoms with Crippen LogP contribution in [0.2, 0.25) is 0 Å². The molecule has 1 saturated heterocycles. The molecule has 0 aromatic heterocycles. The van der Waals surface area contributed by atoms with Crippen LogP contribution in [-0.2, 0) is 0 Å². The number of rotatable bonds is 2. The molecule has 0 radical (unpaired) electrons. The number of nitrogens with zero attached hydrogens (tertiary/aromatic N) is 1. The number of carbonyl (C=O) groups is 1. The van der Waals surface area contributed by atoms with Gasteiger partial charge in [0.05, 0.1) is 0 Å². The Morgan fingerprint density at radius 2 is 2.50 bits per heavy atom. The molecule has 80 valence electrons. The highest BCUT2D eigenvalue weighted by atomic mass is 16.2. The molecule has 1 rings (SSSR count). The van der Waals surface area contributed by atoms with E-state index in [-0.39, 0.29) is 18.1 Å². The third kappa shape index (κ3) is 2.48. The zero-order chi connectivity index (χ0) is 10.6. The monoisotopic (exact) mass is 197 g/mol. The van der Waals surface area contributed by atoms with Crippen molar-refractivity contribution in [1.82, 2.24) is 10.2 Å². The second-order valence-electron chi connectivity index (χ2n) is 3.71. The average Bonchev–Trinajstić information content (AvgIpc) is 2.18. The Kier molecular flexibility index (Phi) is 3.95. The minimum absolute atomic E-state index is 0.0347. The smallest absolute Gasteiger partial charge is 0.317 e. The molecule has 0 unspecified atom stereocenters. The highest BCUT2D eigenvalue weighted by molar-refractivity contribution is 5.74. The normalized spacial score (nSPS) is 27.1. The molecule has 3 N–H and O–H groups in total. The van der Waals surface area contributed by atoms with Gasteiger partial charge in [-0.1, -0.05) is 6.08 Å². The molecule has 2 amide bonds. The summed E-state index contributed by atoms with van der Waals surface area (Å²) in [6, 6.07) is 0.208. The molecule has 1 fully saturated rings. The Morgan fingerprint density at radius 3 is 3.14 bits per heavy atom. The molecule has 1 aliphatic rings. The van der Waals surface area contributed by atoms with Gasteiger partial charge in [0, 0.05) is 25.2 Å². The van der Waals surface area contributed by atoms with Gasteiger partial charge >= 0.3 is 6.03 Å². The second kappa shape index (κ2) is 5.00. The molecule has 0 bridgehead atoms. The summed E-state index contributed by atoms with van der Waals surface area (Å²) in [5.41, 5.74) is 5.89. The molecule has 0 aromatic rings. The summed E-state index contributed by atoms with van der Waals surface area (Å²) in [6.45, 7) is 6.87. The van der Waals surface area contributed by atoms with Gasteiger partial charge in [0.2, 0.25) is 0 Å². The van der Waals surface area contributed by atoms with Crippen molar-refractivity contribution in [1.29, 1.82) is 0 Å². The number of hydrogen-bond acceptors (Lipinski definition) is 2. The molecule has 0 aliphatic carbocycles. The number of urea groups is 1. The van der Waals surface area contributed by atoms with Crippen LogP contribution in [0.1, 0.15) is 19.8 Å². The number of amides is 2. The van der Waals surface area contributed by atoms with Crippen molar-refractivity contribution < 1.29 is 4.79 Å². The molecule has 0 aromatic carbocycles. The first-order valence-electron chi connectivity index (χ1n) is 5.07. The quantitative estimate of drug-likeness (QED) is 0.640. The van der Waals surface area contributed by atoms with E-state index in [9.17, 15) is 4.79 Å². The highest BCUT2D eigenvalue weighted by Gasteiger charge is 2.28. The van der Waals surface area contributed by atoms with Gasteiger partial charge in [-0.05, 0) is 19.8 Å². The summed E-state index contributed by atoms with van der Waals surface area (Å²) >= 11 is 0. The molecule has 0 spiro atoms. The van der Waals surface area contributed by atoms with Gasteiger partial charge in [-0.25, -0.2) is 4.79 Å². The Labute approximate surface area is 85.1 Å². The van der Waals surface area contributed by atoms with Crippen LogP contribution in [0.4, 0.5) is 4.79 Å². The third-order valence-electron chi connectivity index (χ3n) is 2.71. The van der Waals surface area contributed by atoms with Crippen molar-refractivity contribution >= 4 is 6.03 Å². The van der Waals surface area contributed by atoms with Crippen LogP contribution in [0, 0.1) is 0 Å². The summed E-state index contributed by atoms with van der Waals surface area (Å²) < 4.78 is 0. The van der Waals surface area contributed by atoms with E-state index >= 15 is 0 Å². The highest BCUT2D eigenvalue weighted by Crippen LogP contribution is 2.15. The molecule has 4 nitrogen and oxygen atoms in total. The maximum Gasteiger partial charge on any atom is 0.317 e. The number of likely N-dealkylation sites (tertiary alicyclic amines) is 1. The number of nitrogens with one attached hydrogen (secondary N) is 1. The maximum atomic E-state index is 11.6. The van der Waals surface area contributed by atoms with E-state index < -0.39 is 0 Å². The van der Waals surface area contributed by atoms with E-state index in [4.69, 9.17) is 5.73 Å². The molecule has 2 atom stereocenters. The van der Waals surface area contributed by atoms with E-state index in [1.54, 1.807) is 11.0 Å². The van der Waals surface area contributed by atoms with Crippen LogP contribution in [0.3, 0.4) is 0 Å². The maximum absolute atomic E-state index is 11.6. The van der Waals surface area contributed by atoms with E-state index in [0.29, 0.717) is 6.54 Å². The number of piperidine rings is 1. The zero-order valence-corrected chi connectivity index (χ0v) is 8.70. The fourth-order valence-electron chi connectivity index (χ4n) is 1.72. The Balaban J connectivity index is 2.48. The van der Waals surface area contributed by atoms with E-state index in [0.717, 1.165) is 19.4 Å². The summed E-state index contributed by atoms with van der Waals surface area (Å²) in [5.74, 6) is 0. The van der Waals surface area contributed by atoms with Gasteiger partial charge in [-0.15, -0.1) is 6.58 Å². The first-order chi connectivity index (χ1) is 6.66. The predicted molar refractivity (Wildman–Crippen MR) is 57.0 cm³/mol. The third-order valence-corrected chi connectivity index (χ3v) is 2.71. The Bertz CT molecular complexity index is 217. The molecule has 4 heteroatoms. The Hall–Kier alpha value is -1.03. The van der Waals surface area contributed by atoms with Crippen molar-refractivity contribution in [2.75, 3.05) is 13.1 Å². The van der Waals surface area contributed by atoms with Crippen molar-refractivity contribution in [3.05, 3.63) is 12.7 Å². The summed E-state index contributed by atoms with van der Waals surface area (Å²) in [6.07, 6.45) is 3.67. The minimum Gasteiger partial charge on any atom is -0.335 e. The van der Waals surface area contributed by atoms with E-state index in [2.05, 4.69) is 11.9 Å². The fraction of sp³-hybridized carbons (Fsp3) is 0.700. The molecule has 0 saturated carbocycles. The van der Waals surface area contributed by atoms with Crippen LogP contribution in [0.25, 0.3) is 0 Å². The predicted octanol–water partition coefficient (Wildman–Crippen LogP) is 0.694. The van der Waals surface area contributed by atoms with Crippen LogP contribution in [0.15, 0.2) is 12.7 Å². The first-order valence-corrected chi connectivity index (χ1v) is 5.07. The largest absolute Gasteiger partial charge is 0.335 e. The van der Waals surface area contributed by atoms with E-state index in [1.165, 1.54) is 0 Å². The second-order valence-corrected chi connectivity index (χ2v) is 3.71. The molecule has 14 heavy (non-hydrogen) atoms. The molecule has 1 aliphatic heterocycles. The SMILES string of the molecule is C=CCNC(=O)N1CCC[C@@H](N)[C@H]1C. The van der Waals surface area contributed by atoms with Crippen LogP contribution < -0.4 is 11.1 Å². The zero-order valence-electron chi connectivity index (χ0n) is 8.70. The molecule has 1 heterocycles. The lowest BCUT2D eigenvalue weighted by atomic mass is 9.99. The van der Waals surface area contributed by atoms with Gasteiger partial charge in [0.25, 0.3) is 0 Å². The summed E-state index contributed by atoms with van der Waals surface area (Å²) in [7, 11) is 0. The van der Waals surface area contributed by atoms with Gasteiger partial charge in [-0.2, -0.15) is 0 Å². The van der Waals surface area contributed by atoms with Gasteiger partial charge in [0.1, 0.15) is 0 Å². The standard InChI is InChI=1S/C10H19N3O/c1-3-6-12-10(14)13-7-4-5-9(11)8(13)2/h3,8-9H,1,4-7,11H2,2H3,(H,12,14)/t8-,9-/m1/s1. The van der Waals surface area contributed by atoms with Crippen molar-refractivity contribution in [2.45, 2.75) is 31.8 Å². The lowest BCUT2D eigenvalue weighted by Gasteiger charge is -2.37. The minimum atomic E-state index is -0.0347. The lowest BCUT2D eigenvalue weighted by molar-refractivity contribution is 0.147. The number of hydrogen-bond donors (Lipinski definition) is 2. The van der Waals surface area contributed by atoms with Gasteiger partial charge < -0.3 is 16.0 Å². The fourth-order valence-corrected chi connectivity index (χ4v) is 1.72. The average molecular weight is 197 g/mol. The van der Waals surface area contributed by atoms with Crippen molar-refractivity contribution in [2.24, 2.45) is 5.73 Å². The van der Waals surface area contributed by atoms with Crippen molar-refractivity contribution in [3.8, 4) is 0 Å². The van der Waals surface area contributed by atoms with Crippen LogP contribution >= 0.6 is 0 Å². The number of nitrogens with two attached hydrogens (primary N) is 1. The van der Waals surface area contributed by atoms with E-state index in [1.807, 2.05) is 6.92 Å². The topological polar surface area (TPSA) is 58.4 Å². The lowest BCUT2D eigenvalue weighted by Crippen LogP contribution is -2.55. The number of carbonyl (C=O) groups excluding carboxylic acids is 1. The molecular weight excluding hydrogens is 178 g/mol. The van der Waals surface area contributed by atoms with Crippen molar-refractivity contribution in [3.63, 3.8) is 0 Å². The summed E-state index contributed by atoms with van der Waals surface area (Å²) in [4.78, 5) is 13.4. The van der Waals surface area contributed by atoms with Crippen LogP contribution in [0.5, 0.6) is 0 Å². The van der Waals surface area contributed by atoms with Crippen LogP contribution in [-0.4, -0.2) is 36.1 Å². The molecular formula is C10H19N3O.